The summed E-state index contributed by atoms with van der Waals surface area (Å²) in [5.41, 5.74) is 2.98. The lowest BCUT2D eigenvalue weighted by molar-refractivity contribution is -0.123. The van der Waals surface area contributed by atoms with Gasteiger partial charge in [0.1, 0.15) is 0 Å². The fourth-order valence-corrected chi connectivity index (χ4v) is 3.06. The van der Waals surface area contributed by atoms with Crippen LogP contribution in [-0.2, 0) is 9.53 Å². The van der Waals surface area contributed by atoms with Crippen LogP contribution in [0, 0.1) is 0 Å². The minimum Gasteiger partial charge on any atom is -0.376 e. The minimum atomic E-state index is -0.180. The van der Waals surface area contributed by atoms with Crippen LogP contribution >= 0.6 is 0 Å². The highest BCUT2D eigenvalue weighted by molar-refractivity contribution is 5.98. The fourth-order valence-electron chi connectivity index (χ4n) is 3.06. The van der Waals surface area contributed by atoms with Gasteiger partial charge in [-0.1, -0.05) is 48.5 Å². The van der Waals surface area contributed by atoms with Gasteiger partial charge in [-0.25, -0.2) is 0 Å². The molecule has 0 spiro atoms. The zero-order valence-corrected chi connectivity index (χ0v) is 14.2. The Morgan fingerprint density at radius 2 is 1.88 bits per heavy atom. The van der Waals surface area contributed by atoms with Crippen molar-refractivity contribution in [3.8, 4) is 11.1 Å². The van der Waals surface area contributed by atoms with E-state index in [0.29, 0.717) is 6.61 Å². The van der Waals surface area contributed by atoms with E-state index in [1.54, 1.807) is 0 Å². The highest BCUT2D eigenvalue weighted by atomic mass is 16.5. The second-order valence-corrected chi connectivity index (χ2v) is 6.25. The van der Waals surface area contributed by atoms with Crippen LogP contribution < -0.4 is 5.32 Å². The molecule has 1 saturated heterocycles. The number of hydrogen-bond acceptors (Lipinski definition) is 3. The molecule has 0 bridgehead atoms. The van der Waals surface area contributed by atoms with Crippen molar-refractivity contribution in [2.75, 3.05) is 25.0 Å². The number of benzene rings is 2. The van der Waals surface area contributed by atoms with Crippen molar-refractivity contribution in [1.82, 2.24) is 4.90 Å². The summed E-state index contributed by atoms with van der Waals surface area (Å²) in [5.74, 6) is 0.0208. The Bertz CT molecular complexity index is 687. The number of hydrogen-bond donors (Lipinski definition) is 1. The number of ether oxygens (including phenoxy) is 1. The number of carbonyl (C=O) groups excluding carboxylic acids is 1. The molecule has 1 amide bonds. The zero-order chi connectivity index (χ0) is 16.9. The van der Waals surface area contributed by atoms with Gasteiger partial charge < -0.3 is 10.1 Å². The van der Waals surface area contributed by atoms with E-state index >= 15 is 0 Å². The molecule has 1 aliphatic heterocycles. The molecule has 1 N–H and O–H groups in total. The van der Waals surface area contributed by atoms with Crippen LogP contribution in [0.3, 0.4) is 0 Å². The number of carbonyl (C=O) groups is 1. The van der Waals surface area contributed by atoms with Crippen LogP contribution in [0.2, 0.25) is 0 Å². The molecular weight excluding hydrogens is 300 g/mol. The van der Waals surface area contributed by atoms with Crippen molar-refractivity contribution < 1.29 is 9.53 Å². The first kappa shape index (κ1) is 16.7. The number of para-hydroxylation sites is 1. The van der Waals surface area contributed by atoms with Gasteiger partial charge in [0.05, 0.1) is 18.8 Å². The molecule has 4 heteroatoms. The standard InChI is InChI=1S/C20H24N2O2/c1-15-14-22(12-13-24-15)16(2)20(23)21-19-11-7-6-10-18(19)17-8-4-3-5-9-17/h3-11,15-16H,12-14H2,1-2H3,(H,21,23). The van der Waals surface area contributed by atoms with Gasteiger partial charge in [0.2, 0.25) is 5.91 Å². The number of anilines is 1. The molecule has 3 rings (SSSR count). The lowest BCUT2D eigenvalue weighted by atomic mass is 10.0. The molecule has 2 aromatic carbocycles. The summed E-state index contributed by atoms with van der Waals surface area (Å²) in [5, 5.41) is 3.10. The van der Waals surface area contributed by atoms with E-state index in [4.69, 9.17) is 4.74 Å². The summed E-state index contributed by atoms with van der Waals surface area (Å²) in [4.78, 5) is 14.9. The Kier molecular flexibility index (Phi) is 5.28. The highest BCUT2D eigenvalue weighted by Crippen LogP contribution is 2.27. The SMILES string of the molecule is CC1CN(C(C)C(=O)Nc2ccccc2-c2ccccc2)CCO1. The third kappa shape index (κ3) is 3.83. The van der Waals surface area contributed by atoms with Crippen molar-refractivity contribution in [2.24, 2.45) is 0 Å². The number of morpholine rings is 1. The van der Waals surface area contributed by atoms with Gasteiger partial charge in [-0.15, -0.1) is 0 Å². The monoisotopic (exact) mass is 324 g/mol. The lowest BCUT2D eigenvalue weighted by Gasteiger charge is -2.34. The fraction of sp³-hybridized carbons (Fsp3) is 0.350. The van der Waals surface area contributed by atoms with E-state index in [2.05, 4.69) is 22.3 Å². The quantitative estimate of drug-likeness (QED) is 0.937. The molecule has 1 heterocycles. The molecule has 24 heavy (non-hydrogen) atoms. The van der Waals surface area contributed by atoms with E-state index in [-0.39, 0.29) is 18.1 Å². The van der Waals surface area contributed by atoms with Crippen molar-refractivity contribution in [3.63, 3.8) is 0 Å². The van der Waals surface area contributed by atoms with Gasteiger partial charge in [-0.3, -0.25) is 9.69 Å². The molecule has 2 unspecified atom stereocenters. The van der Waals surface area contributed by atoms with Crippen LogP contribution in [0.15, 0.2) is 54.6 Å². The zero-order valence-electron chi connectivity index (χ0n) is 14.2. The second-order valence-electron chi connectivity index (χ2n) is 6.25. The Hall–Kier alpha value is -2.17. The Morgan fingerprint density at radius 1 is 1.17 bits per heavy atom. The van der Waals surface area contributed by atoms with Gasteiger partial charge in [-0.05, 0) is 25.5 Å². The van der Waals surface area contributed by atoms with Crippen LogP contribution in [0.4, 0.5) is 5.69 Å². The van der Waals surface area contributed by atoms with Crippen molar-refractivity contribution >= 4 is 11.6 Å². The topological polar surface area (TPSA) is 41.6 Å². The van der Waals surface area contributed by atoms with E-state index in [1.807, 2.05) is 56.3 Å². The van der Waals surface area contributed by atoms with Crippen molar-refractivity contribution in [1.29, 1.82) is 0 Å². The maximum absolute atomic E-state index is 12.7. The molecular formula is C20H24N2O2. The van der Waals surface area contributed by atoms with Crippen LogP contribution in [0.25, 0.3) is 11.1 Å². The van der Waals surface area contributed by atoms with Crippen molar-refractivity contribution in [3.05, 3.63) is 54.6 Å². The highest BCUT2D eigenvalue weighted by Gasteiger charge is 2.26. The summed E-state index contributed by atoms with van der Waals surface area (Å²) in [7, 11) is 0. The average Bonchev–Trinajstić information content (AvgIpc) is 2.62. The van der Waals surface area contributed by atoms with Gasteiger partial charge in [0.25, 0.3) is 0 Å². The molecule has 0 radical (unpaired) electrons. The maximum Gasteiger partial charge on any atom is 0.241 e. The first-order valence-electron chi connectivity index (χ1n) is 8.46. The van der Waals surface area contributed by atoms with E-state index in [0.717, 1.165) is 29.9 Å². The van der Waals surface area contributed by atoms with Crippen molar-refractivity contribution in [2.45, 2.75) is 26.0 Å². The van der Waals surface area contributed by atoms with E-state index in [1.165, 1.54) is 0 Å². The predicted molar refractivity (Wildman–Crippen MR) is 97.0 cm³/mol. The third-order valence-corrected chi connectivity index (χ3v) is 4.47. The van der Waals surface area contributed by atoms with Gasteiger partial charge >= 0.3 is 0 Å². The molecule has 126 valence electrons. The smallest absolute Gasteiger partial charge is 0.241 e. The number of nitrogens with zero attached hydrogens (tertiary/aromatic N) is 1. The molecule has 0 aliphatic carbocycles. The molecule has 1 aliphatic rings. The summed E-state index contributed by atoms with van der Waals surface area (Å²) in [6, 6.07) is 17.9. The van der Waals surface area contributed by atoms with Crippen LogP contribution in [0.5, 0.6) is 0 Å². The maximum atomic E-state index is 12.7. The van der Waals surface area contributed by atoms with Gasteiger partial charge in [-0.2, -0.15) is 0 Å². The molecule has 0 aromatic heterocycles. The number of amides is 1. The van der Waals surface area contributed by atoms with Crippen LogP contribution in [0.1, 0.15) is 13.8 Å². The Labute approximate surface area is 143 Å². The summed E-state index contributed by atoms with van der Waals surface area (Å²) < 4.78 is 5.56. The molecule has 0 saturated carbocycles. The number of rotatable bonds is 4. The molecule has 4 nitrogen and oxygen atoms in total. The predicted octanol–water partition coefficient (Wildman–Crippen LogP) is 3.40. The largest absolute Gasteiger partial charge is 0.376 e. The van der Waals surface area contributed by atoms with Crippen LogP contribution in [-0.4, -0.2) is 42.6 Å². The molecule has 1 fully saturated rings. The normalized spacial score (nSPS) is 19.7. The van der Waals surface area contributed by atoms with Gasteiger partial charge in [0, 0.05) is 24.3 Å². The van der Waals surface area contributed by atoms with E-state index in [9.17, 15) is 4.79 Å². The minimum absolute atomic E-state index is 0.0208. The second kappa shape index (κ2) is 7.60. The first-order chi connectivity index (χ1) is 11.6. The summed E-state index contributed by atoms with van der Waals surface area (Å²) >= 11 is 0. The van der Waals surface area contributed by atoms with Gasteiger partial charge in [0.15, 0.2) is 0 Å². The Morgan fingerprint density at radius 3 is 2.62 bits per heavy atom. The molecule has 2 aromatic rings. The summed E-state index contributed by atoms with van der Waals surface area (Å²) in [6.07, 6.45) is 0.172. The van der Waals surface area contributed by atoms with E-state index < -0.39 is 0 Å². The summed E-state index contributed by atoms with van der Waals surface area (Å²) in [6.45, 7) is 6.26. The Balaban J connectivity index is 1.75. The third-order valence-electron chi connectivity index (χ3n) is 4.47. The average molecular weight is 324 g/mol. The first-order valence-corrected chi connectivity index (χ1v) is 8.46. The number of nitrogens with one attached hydrogen (secondary N) is 1. The lowest BCUT2D eigenvalue weighted by Crippen LogP contribution is -2.50. The molecule has 2 atom stereocenters.